The highest BCUT2D eigenvalue weighted by molar-refractivity contribution is 8.13. The van der Waals surface area contributed by atoms with Crippen LogP contribution in [0, 0.1) is 4.51 Å². The van der Waals surface area contributed by atoms with Gasteiger partial charge in [0.15, 0.2) is 0 Å². The lowest BCUT2D eigenvalue weighted by atomic mass is 10.1. The summed E-state index contributed by atoms with van der Waals surface area (Å²) in [6, 6.07) is 19.8. The molecule has 1 atom stereocenters. The van der Waals surface area contributed by atoms with Crippen molar-refractivity contribution < 1.29 is 13.2 Å². The fourth-order valence-electron chi connectivity index (χ4n) is 4.06. The summed E-state index contributed by atoms with van der Waals surface area (Å²) < 4.78 is 32.5. The fourth-order valence-corrected chi connectivity index (χ4v) is 6.41. The summed E-state index contributed by atoms with van der Waals surface area (Å²) in [7, 11) is -1.85. The average Bonchev–Trinajstić information content (AvgIpc) is 3.04. The Kier molecular flexibility index (Phi) is 4.98. The Morgan fingerprint density at radius 2 is 1.81 bits per heavy atom. The Morgan fingerprint density at radius 1 is 1.00 bits per heavy atom. The number of fused-ring (bicyclic) bond motifs is 3. The molecule has 8 heteroatoms. The molecule has 1 unspecified atom stereocenters. The molecule has 3 aromatic carbocycles. The van der Waals surface area contributed by atoms with E-state index in [2.05, 4.69) is 64.1 Å². The van der Waals surface area contributed by atoms with E-state index in [9.17, 15) is 8.42 Å². The zero-order valence-electron chi connectivity index (χ0n) is 17.9. The summed E-state index contributed by atoms with van der Waals surface area (Å²) in [5.74, 6) is 0.549. The summed E-state index contributed by atoms with van der Waals surface area (Å²) in [6.45, 7) is 0. The molecule has 6 nitrogen and oxygen atoms in total. The topological polar surface area (TPSA) is 79.5 Å². The van der Waals surface area contributed by atoms with Gasteiger partial charge in [-0.3, -0.25) is 4.72 Å². The number of sulfonamides is 1. The van der Waals surface area contributed by atoms with Crippen molar-refractivity contribution in [1.82, 2.24) is 0 Å². The molecule has 0 amide bonds. The van der Waals surface area contributed by atoms with Gasteiger partial charge in [-0.25, -0.2) is 8.42 Å². The van der Waals surface area contributed by atoms with Crippen molar-refractivity contribution in [1.29, 1.82) is 0 Å². The van der Waals surface area contributed by atoms with E-state index in [0.29, 0.717) is 11.4 Å². The van der Waals surface area contributed by atoms with Gasteiger partial charge in [-0.05, 0) is 48.2 Å². The summed E-state index contributed by atoms with van der Waals surface area (Å²) in [4.78, 5) is 1.30. The summed E-state index contributed by atoms with van der Waals surface area (Å²) >= 11 is 0. The fraction of sp³-hybridized carbons (Fsp3) is 0.125. The molecule has 2 aliphatic rings. The van der Waals surface area contributed by atoms with Crippen LogP contribution in [0.5, 0.6) is 5.75 Å². The second kappa shape index (κ2) is 7.72. The smallest absolute Gasteiger partial charge is 0.229 e. The van der Waals surface area contributed by atoms with E-state index in [1.807, 2.05) is 12.1 Å². The van der Waals surface area contributed by atoms with Crippen LogP contribution < -0.4 is 25.3 Å². The first kappa shape index (κ1) is 20.7. The van der Waals surface area contributed by atoms with Crippen LogP contribution in [0.15, 0.2) is 65.6 Å². The van der Waals surface area contributed by atoms with Gasteiger partial charge in [0.25, 0.3) is 0 Å². The van der Waals surface area contributed by atoms with Gasteiger partial charge < -0.3 is 15.4 Å². The first-order chi connectivity index (χ1) is 15.3. The third-order valence-electron chi connectivity index (χ3n) is 5.46. The third-order valence-corrected chi connectivity index (χ3v) is 8.05. The summed E-state index contributed by atoms with van der Waals surface area (Å²) in [5.41, 5.74) is 5.60. The highest BCUT2D eigenvalue weighted by atomic mass is 32.2. The first-order valence-electron chi connectivity index (χ1n) is 10.0. The number of nitrogens with one attached hydrogen (secondary N) is 3. The Labute approximate surface area is 189 Å². The molecule has 0 aliphatic carbocycles. The molecule has 0 radical (unpaired) electrons. The molecule has 2 heterocycles. The number of hydrogen-bond acceptors (Lipinski definition) is 5. The van der Waals surface area contributed by atoms with E-state index in [-0.39, 0.29) is 10.5 Å². The Balaban J connectivity index is 1.62. The predicted octanol–water partition coefficient (Wildman–Crippen LogP) is 4.55. The molecule has 2 aliphatic heterocycles. The normalized spacial score (nSPS) is 16.3. The summed E-state index contributed by atoms with van der Waals surface area (Å²) in [5, 5.41) is 8.30. The Hall–Kier alpha value is -3.23. The van der Waals surface area contributed by atoms with Crippen molar-refractivity contribution in [2.24, 2.45) is 0 Å². The predicted molar refractivity (Wildman–Crippen MR) is 135 cm³/mol. The van der Waals surface area contributed by atoms with Crippen LogP contribution >= 0.6 is 10.5 Å². The van der Waals surface area contributed by atoms with Gasteiger partial charge in [-0.2, -0.15) is 0 Å². The molecule has 0 saturated heterocycles. The van der Waals surface area contributed by atoms with Gasteiger partial charge in [0.05, 0.1) is 30.4 Å². The number of rotatable bonds is 5. The van der Waals surface area contributed by atoms with Gasteiger partial charge in [-0.1, -0.05) is 24.3 Å². The Morgan fingerprint density at radius 3 is 2.59 bits per heavy atom. The number of anilines is 4. The SMILES string of the molecule is COc1cc(NS(C)(=O)=O)ccc1Nc1cccc2c1=C1Nc3ccccc3C=C1S=2C. The molecule has 3 N–H and O–H groups in total. The number of hydrogen-bond donors (Lipinski definition) is 3. The number of benzene rings is 3. The lowest BCUT2D eigenvalue weighted by molar-refractivity contribution is 0.417. The standard InChI is InChI=1S/C24H23N3O3S2/c1-30-20-14-16(27-32(3,28)29)11-12-18(20)25-19-9-6-10-21-23(19)24-22(31(21)2)13-15-7-4-5-8-17(15)26-24/h4-14,25-27H,1-3H3. The van der Waals surface area contributed by atoms with Gasteiger partial charge in [-0.15, -0.1) is 10.5 Å². The summed E-state index contributed by atoms with van der Waals surface area (Å²) in [6.07, 6.45) is 5.65. The molecule has 5 rings (SSSR count). The molecule has 0 bridgehead atoms. The minimum absolute atomic E-state index is 0.0484. The molecular formula is C24H23N3O3S2. The second-order valence-electron chi connectivity index (χ2n) is 7.70. The van der Waals surface area contributed by atoms with E-state index < -0.39 is 10.0 Å². The lowest BCUT2D eigenvalue weighted by Gasteiger charge is -2.20. The van der Waals surface area contributed by atoms with Crippen LogP contribution in [-0.4, -0.2) is 28.0 Å². The molecule has 3 aromatic rings. The van der Waals surface area contributed by atoms with E-state index in [4.69, 9.17) is 4.74 Å². The average molecular weight is 466 g/mol. The molecule has 32 heavy (non-hydrogen) atoms. The molecule has 0 fully saturated rings. The molecule has 164 valence electrons. The number of methoxy groups -OCH3 is 1. The quantitative estimate of drug-likeness (QED) is 0.482. The Bertz CT molecular complexity index is 1530. The van der Waals surface area contributed by atoms with E-state index in [0.717, 1.165) is 34.2 Å². The van der Waals surface area contributed by atoms with E-state index in [1.54, 1.807) is 19.2 Å². The molecular weight excluding hydrogens is 442 g/mol. The first-order valence-corrected chi connectivity index (χ1v) is 13.5. The van der Waals surface area contributed by atoms with E-state index >= 15 is 0 Å². The minimum atomic E-state index is -3.37. The maximum atomic E-state index is 11.6. The van der Waals surface area contributed by atoms with Crippen molar-refractivity contribution in [2.75, 3.05) is 35.0 Å². The van der Waals surface area contributed by atoms with Gasteiger partial charge in [0.1, 0.15) is 5.75 Å². The monoisotopic (exact) mass is 465 g/mol. The maximum absolute atomic E-state index is 11.6. The zero-order valence-corrected chi connectivity index (χ0v) is 19.5. The number of para-hydroxylation sites is 1. The van der Waals surface area contributed by atoms with Crippen molar-refractivity contribution in [3.8, 4) is 5.75 Å². The minimum Gasteiger partial charge on any atom is -0.494 e. The largest absolute Gasteiger partial charge is 0.494 e. The zero-order chi connectivity index (χ0) is 22.5. The van der Waals surface area contributed by atoms with Gasteiger partial charge >= 0.3 is 0 Å². The van der Waals surface area contributed by atoms with Crippen LogP contribution in [0.2, 0.25) is 0 Å². The molecule has 0 spiro atoms. The third kappa shape index (κ3) is 3.65. The highest BCUT2D eigenvalue weighted by Gasteiger charge is 2.23. The maximum Gasteiger partial charge on any atom is 0.229 e. The second-order valence-corrected chi connectivity index (χ2v) is 11.3. The van der Waals surface area contributed by atoms with Crippen LogP contribution in [0.3, 0.4) is 0 Å². The van der Waals surface area contributed by atoms with Crippen LogP contribution in [0.1, 0.15) is 5.56 Å². The van der Waals surface area contributed by atoms with Crippen LogP contribution in [0.4, 0.5) is 22.7 Å². The van der Waals surface area contributed by atoms with Crippen molar-refractivity contribution in [3.05, 3.63) is 80.9 Å². The van der Waals surface area contributed by atoms with Gasteiger partial charge in [0.2, 0.25) is 10.0 Å². The van der Waals surface area contributed by atoms with Crippen LogP contribution in [0.25, 0.3) is 11.8 Å². The molecule has 0 aromatic heterocycles. The van der Waals surface area contributed by atoms with Crippen LogP contribution in [-0.2, 0) is 10.0 Å². The molecule has 0 saturated carbocycles. The van der Waals surface area contributed by atoms with Crippen molar-refractivity contribution >= 4 is 55.0 Å². The van der Waals surface area contributed by atoms with Crippen molar-refractivity contribution in [2.45, 2.75) is 0 Å². The highest BCUT2D eigenvalue weighted by Crippen LogP contribution is 2.42. The van der Waals surface area contributed by atoms with Crippen molar-refractivity contribution in [3.63, 3.8) is 0 Å². The number of ether oxygens (including phenoxy) is 1. The van der Waals surface area contributed by atoms with E-state index in [1.165, 1.54) is 15.0 Å². The van der Waals surface area contributed by atoms with Gasteiger partial charge in [0, 0.05) is 32.1 Å². The lowest BCUT2D eigenvalue weighted by Crippen LogP contribution is -2.17.